The van der Waals surface area contributed by atoms with Crippen LogP contribution in [0.15, 0.2) is 30.3 Å². The molecule has 6 heteroatoms. The Morgan fingerprint density at radius 3 is 2.85 bits per heavy atom. The number of anilines is 1. The summed E-state index contributed by atoms with van der Waals surface area (Å²) in [7, 11) is 0. The molecule has 2 aromatic rings. The molecule has 1 aromatic carbocycles. The maximum atomic E-state index is 10.7. The number of rotatable bonds is 3. The maximum absolute atomic E-state index is 10.7. The third-order valence-electron chi connectivity index (χ3n) is 3.79. The van der Waals surface area contributed by atoms with Gasteiger partial charge in [-0.15, -0.1) is 0 Å². The molecule has 1 aliphatic carbocycles. The second kappa shape index (κ2) is 5.05. The van der Waals surface area contributed by atoms with Crippen molar-refractivity contribution in [2.45, 2.75) is 31.3 Å². The number of hydrogen-bond acceptors (Lipinski definition) is 5. The van der Waals surface area contributed by atoms with E-state index in [4.69, 9.17) is 5.73 Å². The van der Waals surface area contributed by atoms with Crippen molar-refractivity contribution in [2.24, 2.45) is 5.73 Å². The zero-order chi connectivity index (χ0) is 14.1. The molecule has 3 rings (SSSR count). The van der Waals surface area contributed by atoms with Crippen LogP contribution < -0.4 is 11.1 Å². The highest BCUT2D eigenvalue weighted by Crippen LogP contribution is 2.24. The summed E-state index contributed by atoms with van der Waals surface area (Å²) in [6, 6.07) is 8.80. The van der Waals surface area contributed by atoms with Crippen LogP contribution in [-0.2, 0) is 0 Å². The average Bonchev–Trinajstić information content (AvgIpc) is 2.83. The minimum absolute atomic E-state index is 0.0813. The number of nitrogens with zero attached hydrogens (tertiary/aromatic N) is 2. The number of nitrogens with two attached hydrogens (primary N) is 1. The van der Waals surface area contributed by atoms with Gasteiger partial charge in [-0.2, -0.15) is 0 Å². The van der Waals surface area contributed by atoms with Gasteiger partial charge in [0, 0.05) is 29.6 Å². The summed E-state index contributed by atoms with van der Waals surface area (Å²) in [5.74, 6) is 0.772. The Kier molecular flexibility index (Phi) is 3.23. The lowest BCUT2D eigenvalue weighted by molar-refractivity contribution is -0.384. The van der Waals surface area contributed by atoms with Gasteiger partial charge in [0.2, 0.25) is 0 Å². The number of pyridine rings is 1. The van der Waals surface area contributed by atoms with E-state index in [-0.39, 0.29) is 17.8 Å². The van der Waals surface area contributed by atoms with E-state index in [1.165, 1.54) is 12.1 Å². The van der Waals surface area contributed by atoms with E-state index in [1.54, 1.807) is 6.07 Å². The monoisotopic (exact) mass is 272 g/mol. The molecule has 0 amide bonds. The summed E-state index contributed by atoms with van der Waals surface area (Å²) in [5, 5.41) is 14.9. The predicted molar refractivity (Wildman–Crippen MR) is 77.6 cm³/mol. The Balaban J connectivity index is 1.87. The zero-order valence-electron chi connectivity index (χ0n) is 11.0. The molecule has 1 aromatic heterocycles. The highest BCUT2D eigenvalue weighted by Gasteiger charge is 2.23. The molecule has 0 aliphatic heterocycles. The molecule has 0 spiro atoms. The number of hydrogen-bond donors (Lipinski definition) is 2. The van der Waals surface area contributed by atoms with Crippen LogP contribution in [0.2, 0.25) is 0 Å². The van der Waals surface area contributed by atoms with Crippen LogP contribution in [0.1, 0.15) is 19.3 Å². The standard InChI is InChI=1S/C14H16N4O2/c15-11-2-1-3-13(11)17-14-7-4-9-8-10(18(19)20)5-6-12(9)16-14/h4-8,11,13H,1-3,15H2,(H,16,17). The zero-order valence-corrected chi connectivity index (χ0v) is 11.0. The minimum atomic E-state index is -0.400. The van der Waals surface area contributed by atoms with Crippen LogP contribution in [0.3, 0.4) is 0 Å². The number of benzene rings is 1. The number of aromatic nitrogens is 1. The third kappa shape index (κ3) is 2.42. The normalized spacial score (nSPS) is 22.1. The van der Waals surface area contributed by atoms with Gasteiger partial charge in [-0.05, 0) is 37.5 Å². The molecule has 1 saturated carbocycles. The molecule has 3 N–H and O–H groups in total. The van der Waals surface area contributed by atoms with Gasteiger partial charge < -0.3 is 11.1 Å². The Bertz CT molecular complexity index is 659. The van der Waals surface area contributed by atoms with Crippen LogP contribution in [0.25, 0.3) is 10.9 Å². The van der Waals surface area contributed by atoms with Crippen molar-refractivity contribution in [1.29, 1.82) is 0 Å². The van der Waals surface area contributed by atoms with Gasteiger partial charge in [0.15, 0.2) is 0 Å². The summed E-state index contributed by atoms with van der Waals surface area (Å²) in [6.07, 6.45) is 3.23. The molecule has 20 heavy (non-hydrogen) atoms. The molecule has 2 unspecified atom stereocenters. The predicted octanol–water partition coefficient (Wildman–Crippen LogP) is 2.43. The Labute approximate surface area is 116 Å². The number of nitro groups is 1. The second-order valence-electron chi connectivity index (χ2n) is 5.18. The van der Waals surface area contributed by atoms with E-state index in [2.05, 4.69) is 10.3 Å². The third-order valence-corrected chi connectivity index (χ3v) is 3.79. The Morgan fingerprint density at radius 2 is 2.15 bits per heavy atom. The molecule has 2 atom stereocenters. The van der Waals surface area contributed by atoms with E-state index in [9.17, 15) is 10.1 Å². The van der Waals surface area contributed by atoms with E-state index >= 15 is 0 Å². The van der Waals surface area contributed by atoms with Crippen molar-refractivity contribution in [3.8, 4) is 0 Å². The highest BCUT2D eigenvalue weighted by molar-refractivity contribution is 5.82. The maximum Gasteiger partial charge on any atom is 0.270 e. The average molecular weight is 272 g/mol. The lowest BCUT2D eigenvalue weighted by Crippen LogP contribution is -2.35. The van der Waals surface area contributed by atoms with Crippen LogP contribution in [-0.4, -0.2) is 22.0 Å². The summed E-state index contributed by atoms with van der Waals surface area (Å²) in [6.45, 7) is 0. The van der Waals surface area contributed by atoms with E-state index < -0.39 is 4.92 Å². The quantitative estimate of drug-likeness (QED) is 0.661. The second-order valence-corrected chi connectivity index (χ2v) is 5.18. The summed E-state index contributed by atoms with van der Waals surface area (Å²) < 4.78 is 0. The van der Waals surface area contributed by atoms with Crippen LogP contribution >= 0.6 is 0 Å². The van der Waals surface area contributed by atoms with Crippen molar-refractivity contribution >= 4 is 22.4 Å². The molecule has 0 saturated heterocycles. The first kappa shape index (κ1) is 12.8. The van der Waals surface area contributed by atoms with E-state index in [0.717, 1.165) is 36.0 Å². The fraction of sp³-hybridized carbons (Fsp3) is 0.357. The van der Waals surface area contributed by atoms with Crippen LogP contribution in [0.5, 0.6) is 0 Å². The summed E-state index contributed by atoms with van der Waals surface area (Å²) in [4.78, 5) is 14.8. The van der Waals surface area contributed by atoms with Crippen molar-refractivity contribution in [1.82, 2.24) is 4.98 Å². The molecular formula is C14H16N4O2. The number of fused-ring (bicyclic) bond motifs is 1. The van der Waals surface area contributed by atoms with Crippen molar-refractivity contribution in [2.75, 3.05) is 5.32 Å². The molecular weight excluding hydrogens is 256 g/mol. The van der Waals surface area contributed by atoms with Crippen LogP contribution in [0.4, 0.5) is 11.5 Å². The fourth-order valence-electron chi connectivity index (χ4n) is 2.66. The minimum Gasteiger partial charge on any atom is -0.366 e. The SMILES string of the molecule is NC1CCCC1Nc1ccc2cc([N+](=O)[O-])ccc2n1. The van der Waals surface area contributed by atoms with Gasteiger partial charge in [0.25, 0.3) is 5.69 Å². The molecule has 0 bridgehead atoms. The smallest absolute Gasteiger partial charge is 0.270 e. The Morgan fingerprint density at radius 1 is 1.30 bits per heavy atom. The van der Waals surface area contributed by atoms with Gasteiger partial charge in [-0.25, -0.2) is 4.98 Å². The molecule has 1 heterocycles. The number of nitro benzene ring substituents is 1. The van der Waals surface area contributed by atoms with Gasteiger partial charge in [0.1, 0.15) is 5.82 Å². The summed E-state index contributed by atoms with van der Waals surface area (Å²) in [5.41, 5.74) is 6.85. The molecule has 1 fully saturated rings. The van der Waals surface area contributed by atoms with Gasteiger partial charge >= 0.3 is 0 Å². The van der Waals surface area contributed by atoms with E-state index in [0.29, 0.717) is 0 Å². The topological polar surface area (TPSA) is 94.1 Å². The molecule has 104 valence electrons. The molecule has 1 aliphatic rings. The van der Waals surface area contributed by atoms with E-state index in [1.807, 2.05) is 12.1 Å². The largest absolute Gasteiger partial charge is 0.366 e. The highest BCUT2D eigenvalue weighted by atomic mass is 16.6. The van der Waals surface area contributed by atoms with Gasteiger partial charge in [-0.1, -0.05) is 0 Å². The fourth-order valence-corrected chi connectivity index (χ4v) is 2.66. The molecule has 0 radical (unpaired) electrons. The first-order chi connectivity index (χ1) is 9.63. The van der Waals surface area contributed by atoms with Crippen LogP contribution in [0, 0.1) is 10.1 Å². The summed E-state index contributed by atoms with van der Waals surface area (Å²) >= 11 is 0. The van der Waals surface area contributed by atoms with Crippen molar-refractivity contribution < 1.29 is 4.92 Å². The first-order valence-electron chi connectivity index (χ1n) is 6.71. The van der Waals surface area contributed by atoms with Gasteiger partial charge in [-0.3, -0.25) is 10.1 Å². The number of nitrogens with one attached hydrogen (secondary N) is 1. The van der Waals surface area contributed by atoms with Crippen molar-refractivity contribution in [3.05, 3.63) is 40.4 Å². The first-order valence-corrected chi connectivity index (χ1v) is 6.71. The molecule has 6 nitrogen and oxygen atoms in total. The van der Waals surface area contributed by atoms with Gasteiger partial charge in [0.05, 0.1) is 10.4 Å². The van der Waals surface area contributed by atoms with Crippen molar-refractivity contribution in [3.63, 3.8) is 0 Å². The number of non-ortho nitro benzene ring substituents is 1. The lowest BCUT2D eigenvalue weighted by atomic mass is 10.1. The lowest BCUT2D eigenvalue weighted by Gasteiger charge is -2.18. The Hall–Kier alpha value is -2.21.